The van der Waals surface area contributed by atoms with Gasteiger partial charge in [0.05, 0.1) is 13.2 Å². The Balaban J connectivity index is 2.43. The topological polar surface area (TPSA) is 18.5 Å². The van der Waals surface area contributed by atoms with Crippen molar-refractivity contribution in [2.75, 3.05) is 7.11 Å². The average Bonchev–Trinajstić information content (AvgIpc) is 2.38. The Morgan fingerprint density at radius 1 is 1.00 bits per heavy atom. The molecule has 0 aliphatic carbocycles. The van der Waals surface area contributed by atoms with Crippen molar-refractivity contribution < 1.29 is 9.47 Å². The van der Waals surface area contributed by atoms with Gasteiger partial charge in [0.25, 0.3) is 0 Å². The van der Waals surface area contributed by atoms with Crippen LogP contribution >= 0.6 is 0 Å². The standard InChI is InChI=1S/C15H24O2/c1-4-6-7-8-13(5-2)17-15-11-9-14(16-3)10-12-15/h9-13H,4-8H2,1-3H3. The maximum Gasteiger partial charge on any atom is 0.119 e. The van der Waals surface area contributed by atoms with Gasteiger partial charge < -0.3 is 9.47 Å². The second-order valence-corrected chi connectivity index (χ2v) is 4.32. The minimum Gasteiger partial charge on any atom is -0.497 e. The maximum absolute atomic E-state index is 5.95. The number of rotatable bonds is 8. The molecule has 0 saturated carbocycles. The lowest BCUT2D eigenvalue weighted by molar-refractivity contribution is 0.182. The second-order valence-electron chi connectivity index (χ2n) is 4.32. The Morgan fingerprint density at radius 2 is 1.65 bits per heavy atom. The maximum atomic E-state index is 5.95. The predicted molar refractivity (Wildman–Crippen MR) is 71.8 cm³/mol. The number of ether oxygens (including phenoxy) is 2. The van der Waals surface area contributed by atoms with Gasteiger partial charge in [0.15, 0.2) is 0 Å². The Morgan fingerprint density at radius 3 is 2.18 bits per heavy atom. The fourth-order valence-corrected chi connectivity index (χ4v) is 1.82. The smallest absolute Gasteiger partial charge is 0.119 e. The molecule has 1 aromatic carbocycles. The summed E-state index contributed by atoms with van der Waals surface area (Å²) in [5.41, 5.74) is 0. The first kappa shape index (κ1) is 13.9. The summed E-state index contributed by atoms with van der Waals surface area (Å²) in [5.74, 6) is 1.81. The van der Waals surface area contributed by atoms with Crippen molar-refractivity contribution in [1.82, 2.24) is 0 Å². The van der Waals surface area contributed by atoms with E-state index in [2.05, 4.69) is 13.8 Å². The van der Waals surface area contributed by atoms with Gasteiger partial charge in [-0.1, -0.05) is 26.7 Å². The molecular formula is C15H24O2. The van der Waals surface area contributed by atoms with Gasteiger partial charge in [0, 0.05) is 0 Å². The lowest BCUT2D eigenvalue weighted by Gasteiger charge is -2.17. The molecule has 0 amide bonds. The third kappa shape index (κ3) is 5.12. The first-order valence-electron chi connectivity index (χ1n) is 6.60. The lowest BCUT2D eigenvalue weighted by Crippen LogP contribution is -2.15. The van der Waals surface area contributed by atoms with E-state index < -0.39 is 0 Å². The van der Waals surface area contributed by atoms with Crippen molar-refractivity contribution in [1.29, 1.82) is 0 Å². The summed E-state index contributed by atoms with van der Waals surface area (Å²) < 4.78 is 11.1. The number of hydrogen-bond donors (Lipinski definition) is 0. The molecule has 1 rings (SSSR count). The monoisotopic (exact) mass is 236 g/mol. The molecule has 0 saturated heterocycles. The average molecular weight is 236 g/mol. The van der Waals surface area contributed by atoms with E-state index in [0.29, 0.717) is 6.10 Å². The molecule has 96 valence electrons. The van der Waals surface area contributed by atoms with Crippen LogP contribution in [0.15, 0.2) is 24.3 Å². The minimum absolute atomic E-state index is 0.343. The predicted octanol–water partition coefficient (Wildman–Crippen LogP) is 4.43. The first-order chi connectivity index (χ1) is 8.30. The zero-order valence-corrected chi connectivity index (χ0v) is 11.2. The van der Waals surface area contributed by atoms with Gasteiger partial charge in [0.2, 0.25) is 0 Å². The summed E-state index contributed by atoms with van der Waals surface area (Å²) in [6, 6.07) is 7.82. The van der Waals surface area contributed by atoms with Crippen LogP contribution in [0.3, 0.4) is 0 Å². The van der Waals surface area contributed by atoms with E-state index in [-0.39, 0.29) is 0 Å². The number of benzene rings is 1. The van der Waals surface area contributed by atoms with Crippen LogP contribution in [-0.2, 0) is 0 Å². The first-order valence-corrected chi connectivity index (χ1v) is 6.60. The van der Waals surface area contributed by atoms with Crippen LogP contribution in [0.25, 0.3) is 0 Å². The van der Waals surface area contributed by atoms with Crippen molar-refractivity contribution in [2.45, 2.75) is 52.1 Å². The van der Waals surface area contributed by atoms with Gasteiger partial charge in [-0.3, -0.25) is 0 Å². The summed E-state index contributed by atoms with van der Waals surface area (Å²) in [4.78, 5) is 0. The highest BCUT2D eigenvalue weighted by atomic mass is 16.5. The van der Waals surface area contributed by atoms with Gasteiger partial charge in [-0.2, -0.15) is 0 Å². The molecule has 1 aromatic rings. The van der Waals surface area contributed by atoms with Gasteiger partial charge >= 0.3 is 0 Å². The zero-order chi connectivity index (χ0) is 12.5. The molecule has 0 aliphatic rings. The minimum atomic E-state index is 0.343. The largest absolute Gasteiger partial charge is 0.497 e. The number of unbranched alkanes of at least 4 members (excludes halogenated alkanes) is 2. The fourth-order valence-electron chi connectivity index (χ4n) is 1.82. The molecule has 2 nitrogen and oxygen atoms in total. The lowest BCUT2D eigenvalue weighted by atomic mass is 10.1. The molecular weight excluding hydrogens is 212 g/mol. The molecule has 0 spiro atoms. The summed E-state index contributed by atoms with van der Waals surface area (Å²) in [6.45, 7) is 4.41. The van der Waals surface area contributed by atoms with Crippen molar-refractivity contribution in [3.8, 4) is 11.5 Å². The molecule has 0 bridgehead atoms. The SMILES string of the molecule is CCCCCC(CC)Oc1ccc(OC)cc1. The van der Waals surface area contributed by atoms with E-state index in [4.69, 9.17) is 9.47 Å². The number of hydrogen-bond acceptors (Lipinski definition) is 2. The molecule has 0 aliphatic heterocycles. The normalized spacial score (nSPS) is 12.2. The van der Waals surface area contributed by atoms with E-state index in [1.165, 1.54) is 19.3 Å². The van der Waals surface area contributed by atoms with Crippen LogP contribution in [0.2, 0.25) is 0 Å². The highest BCUT2D eigenvalue weighted by Crippen LogP contribution is 2.20. The Kier molecular flexibility index (Phi) is 6.53. The van der Waals surface area contributed by atoms with Crippen LogP contribution in [0, 0.1) is 0 Å². The van der Waals surface area contributed by atoms with Crippen LogP contribution in [0.1, 0.15) is 46.0 Å². The summed E-state index contributed by atoms with van der Waals surface area (Å²) >= 11 is 0. The summed E-state index contributed by atoms with van der Waals surface area (Å²) in [7, 11) is 1.68. The van der Waals surface area contributed by atoms with Crippen LogP contribution in [0.4, 0.5) is 0 Å². The Labute approximate surface area is 105 Å². The second kappa shape index (κ2) is 7.99. The van der Waals surface area contributed by atoms with Gasteiger partial charge in [0.1, 0.15) is 11.5 Å². The zero-order valence-electron chi connectivity index (χ0n) is 11.2. The van der Waals surface area contributed by atoms with Crippen LogP contribution in [0.5, 0.6) is 11.5 Å². The highest BCUT2D eigenvalue weighted by Gasteiger charge is 2.07. The van der Waals surface area contributed by atoms with Crippen LogP contribution < -0.4 is 9.47 Å². The molecule has 1 unspecified atom stereocenters. The quantitative estimate of drug-likeness (QED) is 0.621. The molecule has 0 N–H and O–H groups in total. The molecule has 0 heterocycles. The molecule has 0 aromatic heterocycles. The van der Waals surface area contributed by atoms with Crippen molar-refractivity contribution in [3.63, 3.8) is 0 Å². The molecule has 0 fully saturated rings. The molecule has 2 heteroatoms. The van der Waals surface area contributed by atoms with Crippen molar-refractivity contribution in [2.24, 2.45) is 0 Å². The van der Waals surface area contributed by atoms with Crippen molar-refractivity contribution in [3.05, 3.63) is 24.3 Å². The molecule has 1 atom stereocenters. The summed E-state index contributed by atoms with van der Waals surface area (Å²) in [5, 5.41) is 0. The van der Waals surface area contributed by atoms with Crippen molar-refractivity contribution >= 4 is 0 Å². The van der Waals surface area contributed by atoms with Gasteiger partial charge in [-0.15, -0.1) is 0 Å². The molecule has 0 radical (unpaired) electrons. The van der Waals surface area contributed by atoms with E-state index in [9.17, 15) is 0 Å². The number of methoxy groups -OCH3 is 1. The summed E-state index contributed by atoms with van der Waals surface area (Å²) in [6.07, 6.45) is 6.37. The third-order valence-electron chi connectivity index (χ3n) is 2.95. The Hall–Kier alpha value is -1.18. The van der Waals surface area contributed by atoms with Crippen LogP contribution in [-0.4, -0.2) is 13.2 Å². The van der Waals surface area contributed by atoms with E-state index >= 15 is 0 Å². The third-order valence-corrected chi connectivity index (χ3v) is 2.95. The van der Waals surface area contributed by atoms with Gasteiger partial charge in [-0.05, 0) is 43.5 Å². The van der Waals surface area contributed by atoms with Gasteiger partial charge in [-0.25, -0.2) is 0 Å². The van der Waals surface area contributed by atoms with E-state index in [1.807, 2.05) is 24.3 Å². The highest BCUT2D eigenvalue weighted by molar-refractivity contribution is 5.31. The Bertz CT molecular complexity index is 292. The van der Waals surface area contributed by atoms with E-state index in [0.717, 1.165) is 24.3 Å². The van der Waals surface area contributed by atoms with E-state index in [1.54, 1.807) is 7.11 Å². The molecule has 17 heavy (non-hydrogen) atoms. The fraction of sp³-hybridized carbons (Fsp3) is 0.600.